The molecule has 1 unspecified atom stereocenters. The second-order valence-corrected chi connectivity index (χ2v) is 7.32. The summed E-state index contributed by atoms with van der Waals surface area (Å²) in [5.74, 6) is 0. The average Bonchev–Trinajstić information content (AvgIpc) is 2.63. The zero-order valence-electron chi connectivity index (χ0n) is 9.31. The fourth-order valence-electron chi connectivity index (χ4n) is 1.56. The molecule has 0 radical (unpaired) electrons. The lowest BCUT2D eigenvalue weighted by molar-refractivity contribution is 0.890. The Morgan fingerprint density at radius 1 is 1.22 bits per heavy atom. The van der Waals surface area contributed by atoms with Crippen molar-refractivity contribution in [1.82, 2.24) is 0 Å². The van der Waals surface area contributed by atoms with Gasteiger partial charge in [0.05, 0.1) is 19.7 Å². The second kappa shape index (κ2) is 6.02. The van der Waals surface area contributed by atoms with Crippen LogP contribution in [-0.2, 0) is 0 Å². The van der Waals surface area contributed by atoms with Crippen LogP contribution in [-0.4, -0.2) is 0 Å². The third-order valence-electron chi connectivity index (χ3n) is 2.45. The van der Waals surface area contributed by atoms with E-state index in [1.165, 1.54) is 11.3 Å². The Hall–Kier alpha value is 0.0700. The van der Waals surface area contributed by atoms with Crippen molar-refractivity contribution in [3.63, 3.8) is 0 Å². The van der Waals surface area contributed by atoms with Crippen LogP contribution in [0.3, 0.4) is 0 Å². The van der Waals surface area contributed by atoms with Crippen LogP contribution in [0.2, 0.25) is 13.7 Å². The van der Waals surface area contributed by atoms with Gasteiger partial charge in [-0.05, 0) is 47.1 Å². The van der Waals surface area contributed by atoms with Crippen LogP contribution in [0.15, 0.2) is 28.7 Å². The minimum atomic E-state index is 0.0781. The van der Waals surface area contributed by atoms with Crippen molar-refractivity contribution < 1.29 is 0 Å². The first-order valence-corrected chi connectivity index (χ1v) is 7.88. The van der Waals surface area contributed by atoms with E-state index in [1.54, 1.807) is 0 Å². The van der Waals surface area contributed by atoms with Gasteiger partial charge in [0, 0.05) is 15.7 Å². The molecule has 1 aromatic carbocycles. The fourth-order valence-corrected chi connectivity index (χ4v) is 3.70. The summed E-state index contributed by atoms with van der Waals surface area (Å²) >= 11 is 22.8. The summed E-state index contributed by atoms with van der Waals surface area (Å²) in [4.78, 5) is 0. The summed E-state index contributed by atoms with van der Waals surface area (Å²) in [6, 6.07) is 7.65. The molecule has 0 spiro atoms. The molecule has 2 rings (SSSR count). The average molecular weight is 386 g/mol. The van der Waals surface area contributed by atoms with Crippen molar-refractivity contribution in [2.24, 2.45) is 0 Å². The Balaban J connectivity index is 2.18. The highest BCUT2D eigenvalue weighted by Gasteiger charge is 2.13. The molecule has 0 saturated heterocycles. The molecule has 2 aromatic rings. The molecule has 0 bridgehead atoms. The second-order valence-electron chi connectivity index (χ2n) is 3.77. The Kier molecular flexibility index (Phi) is 4.84. The third-order valence-corrected chi connectivity index (χ3v) is 5.18. The van der Waals surface area contributed by atoms with Gasteiger partial charge >= 0.3 is 0 Å². The van der Waals surface area contributed by atoms with Crippen molar-refractivity contribution in [3.8, 4) is 0 Å². The van der Waals surface area contributed by atoms with E-state index in [2.05, 4.69) is 21.2 Å². The maximum atomic E-state index is 6.13. The lowest BCUT2D eigenvalue weighted by Crippen LogP contribution is -2.05. The lowest BCUT2D eigenvalue weighted by Gasteiger charge is -2.15. The first-order valence-electron chi connectivity index (χ1n) is 5.13. The summed E-state index contributed by atoms with van der Waals surface area (Å²) in [6.07, 6.45) is 0. The number of thiophene rings is 1. The molecule has 0 aliphatic carbocycles. The smallest absolute Gasteiger partial charge is 0.0996 e. The van der Waals surface area contributed by atoms with Gasteiger partial charge < -0.3 is 5.32 Å². The molecule has 18 heavy (non-hydrogen) atoms. The van der Waals surface area contributed by atoms with Gasteiger partial charge in [0.1, 0.15) is 0 Å². The van der Waals surface area contributed by atoms with Crippen LogP contribution in [0, 0.1) is 0 Å². The number of hydrogen-bond donors (Lipinski definition) is 1. The normalized spacial score (nSPS) is 12.5. The molecular weight excluding hydrogens is 376 g/mol. The van der Waals surface area contributed by atoms with E-state index in [9.17, 15) is 0 Å². The van der Waals surface area contributed by atoms with Crippen LogP contribution in [0.5, 0.6) is 0 Å². The molecule has 0 amide bonds. The zero-order valence-corrected chi connectivity index (χ0v) is 14.0. The number of rotatable bonds is 3. The number of benzene rings is 1. The largest absolute Gasteiger partial charge is 0.378 e. The van der Waals surface area contributed by atoms with E-state index in [-0.39, 0.29) is 6.04 Å². The van der Waals surface area contributed by atoms with Crippen LogP contribution in [0.4, 0.5) is 5.69 Å². The number of nitrogens with one attached hydrogen (secondary N) is 1. The van der Waals surface area contributed by atoms with Gasteiger partial charge in [0.15, 0.2) is 0 Å². The van der Waals surface area contributed by atoms with Crippen LogP contribution < -0.4 is 5.32 Å². The van der Waals surface area contributed by atoms with Crippen LogP contribution in [0.1, 0.15) is 18.5 Å². The minimum Gasteiger partial charge on any atom is -0.378 e. The minimum absolute atomic E-state index is 0.0781. The third kappa shape index (κ3) is 3.34. The zero-order chi connectivity index (χ0) is 13.3. The highest BCUT2D eigenvalue weighted by atomic mass is 79.9. The highest BCUT2D eigenvalue weighted by Crippen LogP contribution is 2.36. The van der Waals surface area contributed by atoms with Crippen LogP contribution >= 0.6 is 62.1 Å². The molecule has 1 aromatic heterocycles. The molecule has 0 aliphatic rings. The SMILES string of the molecule is CC(Nc1ccc(Cl)c(Br)c1)c1cc(Cl)sc1Cl. The lowest BCUT2D eigenvalue weighted by atomic mass is 10.1. The van der Waals surface area contributed by atoms with E-state index in [4.69, 9.17) is 34.8 Å². The predicted octanol–water partition coefficient (Wildman–Crippen LogP) is 6.64. The van der Waals surface area contributed by atoms with Gasteiger partial charge in [-0.3, -0.25) is 0 Å². The molecular formula is C12H9BrCl3NS. The predicted molar refractivity (Wildman–Crippen MR) is 85.5 cm³/mol. The highest BCUT2D eigenvalue weighted by molar-refractivity contribution is 9.10. The van der Waals surface area contributed by atoms with Crippen molar-refractivity contribution in [1.29, 1.82) is 0 Å². The van der Waals surface area contributed by atoms with E-state index < -0.39 is 0 Å². The molecule has 1 nitrogen and oxygen atoms in total. The van der Waals surface area contributed by atoms with Gasteiger partial charge in [-0.2, -0.15) is 0 Å². The fraction of sp³-hybridized carbons (Fsp3) is 0.167. The Bertz CT molecular complexity index is 570. The Morgan fingerprint density at radius 3 is 2.50 bits per heavy atom. The van der Waals surface area contributed by atoms with Crippen molar-refractivity contribution >= 4 is 67.8 Å². The first kappa shape index (κ1) is 14.5. The van der Waals surface area contributed by atoms with E-state index in [0.29, 0.717) is 13.7 Å². The molecule has 0 fully saturated rings. The quantitative estimate of drug-likeness (QED) is 0.624. The molecule has 0 aliphatic heterocycles. The summed E-state index contributed by atoms with van der Waals surface area (Å²) in [7, 11) is 0. The maximum Gasteiger partial charge on any atom is 0.0996 e. The van der Waals surface area contributed by atoms with E-state index >= 15 is 0 Å². The van der Waals surface area contributed by atoms with Crippen molar-refractivity contribution in [3.05, 3.63) is 48.0 Å². The summed E-state index contributed by atoms with van der Waals surface area (Å²) in [5.41, 5.74) is 1.97. The Morgan fingerprint density at radius 2 is 1.94 bits per heavy atom. The van der Waals surface area contributed by atoms with E-state index in [0.717, 1.165) is 15.7 Å². The Labute approximate surface area is 133 Å². The standard InChI is InChI=1S/C12H9BrCl3NS/c1-6(8-5-11(15)18-12(8)16)17-7-2-3-10(14)9(13)4-7/h2-6,17H,1H3. The number of anilines is 1. The molecule has 1 N–H and O–H groups in total. The molecule has 96 valence electrons. The maximum absolute atomic E-state index is 6.13. The number of hydrogen-bond acceptors (Lipinski definition) is 2. The van der Waals surface area contributed by atoms with Crippen molar-refractivity contribution in [2.45, 2.75) is 13.0 Å². The summed E-state index contributed by atoms with van der Waals surface area (Å²) in [6.45, 7) is 2.03. The topological polar surface area (TPSA) is 12.0 Å². The van der Waals surface area contributed by atoms with E-state index in [1.807, 2.05) is 31.2 Å². The van der Waals surface area contributed by atoms with Gasteiger partial charge in [-0.25, -0.2) is 0 Å². The first-order chi connectivity index (χ1) is 8.47. The van der Waals surface area contributed by atoms with Gasteiger partial charge in [-0.15, -0.1) is 11.3 Å². The summed E-state index contributed by atoms with van der Waals surface area (Å²) < 4.78 is 2.27. The monoisotopic (exact) mass is 383 g/mol. The molecule has 6 heteroatoms. The summed E-state index contributed by atoms with van der Waals surface area (Å²) in [5, 5.41) is 4.04. The molecule has 1 heterocycles. The van der Waals surface area contributed by atoms with Crippen LogP contribution in [0.25, 0.3) is 0 Å². The molecule has 1 atom stereocenters. The molecule has 0 saturated carbocycles. The van der Waals surface area contributed by atoms with Gasteiger partial charge in [0.25, 0.3) is 0 Å². The van der Waals surface area contributed by atoms with Gasteiger partial charge in [0.2, 0.25) is 0 Å². The van der Waals surface area contributed by atoms with Gasteiger partial charge in [-0.1, -0.05) is 34.8 Å². The van der Waals surface area contributed by atoms with Crippen molar-refractivity contribution in [2.75, 3.05) is 5.32 Å². The number of halogens is 4.